The molecule has 0 saturated carbocycles. The molecule has 0 saturated heterocycles. The van der Waals surface area contributed by atoms with Gasteiger partial charge < -0.3 is 0 Å². The largest absolute Gasteiger partial charge is 0.287 e. The van der Waals surface area contributed by atoms with Crippen LogP contribution in [0.2, 0.25) is 0 Å². The fourth-order valence-electron chi connectivity index (χ4n) is 2.53. The van der Waals surface area contributed by atoms with Gasteiger partial charge in [0, 0.05) is 12.6 Å². The van der Waals surface area contributed by atoms with Crippen molar-refractivity contribution >= 4 is 5.78 Å². The van der Waals surface area contributed by atoms with Gasteiger partial charge in [0.2, 0.25) is 5.78 Å². The molecule has 0 spiro atoms. The van der Waals surface area contributed by atoms with E-state index in [0.29, 0.717) is 5.69 Å². The van der Waals surface area contributed by atoms with Crippen LogP contribution in [0.15, 0.2) is 18.3 Å². The quantitative estimate of drug-likeness (QED) is 0.759. The van der Waals surface area contributed by atoms with Crippen LogP contribution in [0.4, 0.5) is 0 Å². The molecule has 0 amide bonds. The van der Waals surface area contributed by atoms with Crippen LogP contribution in [0.3, 0.4) is 0 Å². The summed E-state index contributed by atoms with van der Waals surface area (Å²) in [5.74, 6) is 0.0579. The van der Waals surface area contributed by atoms with E-state index < -0.39 is 0 Å². The van der Waals surface area contributed by atoms with E-state index in [1.165, 1.54) is 5.56 Å². The highest BCUT2D eigenvalue weighted by Gasteiger charge is 2.19. The van der Waals surface area contributed by atoms with Gasteiger partial charge in [-0.2, -0.15) is 5.10 Å². The van der Waals surface area contributed by atoms with Crippen molar-refractivity contribution in [2.75, 3.05) is 0 Å². The first kappa shape index (κ1) is 12.6. The van der Waals surface area contributed by atoms with Crippen LogP contribution < -0.4 is 0 Å². The Bertz CT molecular complexity index is 581. The minimum absolute atomic E-state index is 0.0579. The zero-order valence-corrected chi connectivity index (χ0v) is 11.5. The Morgan fingerprint density at radius 3 is 2.06 bits per heavy atom. The Kier molecular flexibility index (Phi) is 3.07. The van der Waals surface area contributed by atoms with Crippen LogP contribution in [-0.4, -0.2) is 15.6 Å². The molecule has 2 aromatic rings. The summed E-state index contributed by atoms with van der Waals surface area (Å²) in [6.45, 7) is 7.93. The van der Waals surface area contributed by atoms with Gasteiger partial charge in [0.15, 0.2) is 0 Å². The van der Waals surface area contributed by atoms with Crippen LogP contribution in [0.25, 0.3) is 0 Å². The van der Waals surface area contributed by atoms with Gasteiger partial charge in [-0.15, -0.1) is 0 Å². The van der Waals surface area contributed by atoms with Crippen LogP contribution in [0.5, 0.6) is 0 Å². The average Bonchev–Trinajstić information content (AvgIpc) is 2.56. The van der Waals surface area contributed by atoms with Crippen molar-refractivity contribution in [1.29, 1.82) is 0 Å². The number of aryl methyl sites for hydroxylation is 5. The van der Waals surface area contributed by atoms with Gasteiger partial charge in [0.1, 0.15) is 5.69 Å². The first-order chi connectivity index (χ1) is 8.41. The third kappa shape index (κ3) is 1.96. The van der Waals surface area contributed by atoms with E-state index in [4.69, 9.17) is 0 Å². The fourth-order valence-corrected chi connectivity index (χ4v) is 2.53. The number of hydrogen-bond donors (Lipinski definition) is 0. The smallest absolute Gasteiger partial charge is 0.211 e. The molecular weight excluding hydrogens is 224 g/mol. The number of rotatable bonds is 2. The van der Waals surface area contributed by atoms with Crippen LogP contribution >= 0.6 is 0 Å². The van der Waals surface area contributed by atoms with Crippen molar-refractivity contribution < 1.29 is 4.79 Å². The van der Waals surface area contributed by atoms with Gasteiger partial charge in [-0.1, -0.05) is 17.7 Å². The first-order valence-electron chi connectivity index (χ1n) is 6.03. The lowest BCUT2D eigenvalue weighted by atomic mass is 9.94. The van der Waals surface area contributed by atoms with Gasteiger partial charge in [-0.25, -0.2) is 0 Å². The lowest BCUT2D eigenvalue weighted by molar-refractivity contribution is 0.102. The Hall–Kier alpha value is -1.90. The third-order valence-electron chi connectivity index (χ3n) is 3.24. The molecule has 2 rings (SSSR count). The molecule has 0 atom stereocenters. The summed E-state index contributed by atoms with van der Waals surface area (Å²) in [5.41, 5.74) is 5.62. The lowest BCUT2D eigenvalue weighted by Gasteiger charge is -2.11. The molecule has 0 aliphatic carbocycles. The molecule has 1 aromatic heterocycles. The predicted molar refractivity (Wildman–Crippen MR) is 72.0 cm³/mol. The molecule has 18 heavy (non-hydrogen) atoms. The average molecular weight is 242 g/mol. The molecule has 1 heterocycles. The van der Waals surface area contributed by atoms with Gasteiger partial charge in [-0.05, 0) is 44.4 Å². The molecule has 0 N–H and O–H groups in total. The van der Waals surface area contributed by atoms with Crippen molar-refractivity contribution in [3.63, 3.8) is 0 Å². The minimum Gasteiger partial charge on any atom is -0.287 e. The van der Waals surface area contributed by atoms with E-state index in [-0.39, 0.29) is 5.78 Å². The predicted octanol–water partition coefficient (Wildman–Crippen LogP) is 2.88. The van der Waals surface area contributed by atoms with E-state index in [1.807, 2.05) is 39.8 Å². The fraction of sp³-hybridized carbons (Fsp3) is 0.333. The third-order valence-corrected chi connectivity index (χ3v) is 3.24. The van der Waals surface area contributed by atoms with Crippen LogP contribution in [-0.2, 0) is 7.05 Å². The molecule has 3 heteroatoms. The molecule has 1 aromatic carbocycles. The first-order valence-corrected chi connectivity index (χ1v) is 6.03. The maximum atomic E-state index is 12.6. The van der Waals surface area contributed by atoms with Gasteiger partial charge in [-0.3, -0.25) is 9.48 Å². The summed E-state index contributed by atoms with van der Waals surface area (Å²) >= 11 is 0. The number of hydrogen-bond acceptors (Lipinski definition) is 2. The van der Waals surface area contributed by atoms with E-state index in [1.54, 1.807) is 17.9 Å². The number of aromatic nitrogens is 2. The summed E-state index contributed by atoms with van der Waals surface area (Å²) in [7, 11) is 1.80. The van der Waals surface area contributed by atoms with Crippen LogP contribution in [0.1, 0.15) is 38.3 Å². The van der Waals surface area contributed by atoms with E-state index >= 15 is 0 Å². The maximum Gasteiger partial charge on any atom is 0.211 e. The topological polar surface area (TPSA) is 34.9 Å². The normalized spacial score (nSPS) is 10.7. The highest BCUT2D eigenvalue weighted by molar-refractivity contribution is 6.10. The SMILES string of the molecule is Cc1cc(C)c(C(=O)c2c(C)cnn2C)c(C)c1. The van der Waals surface area contributed by atoms with Crippen molar-refractivity contribution in [1.82, 2.24) is 9.78 Å². The molecule has 0 aliphatic rings. The second kappa shape index (κ2) is 4.41. The van der Waals surface area contributed by atoms with Crippen molar-refractivity contribution in [2.24, 2.45) is 7.05 Å². The molecule has 0 bridgehead atoms. The molecular formula is C15H18N2O. The van der Waals surface area contributed by atoms with E-state index in [9.17, 15) is 4.79 Å². The zero-order chi connectivity index (χ0) is 13.4. The van der Waals surface area contributed by atoms with E-state index in [2.05, 4.69) is 5.10 Å². The lowest BCUT2D eigenvalue weighted by Crippen LogP contribution is -2.12. The summed E-state index contributed by atoms with van der Waals surface area (Å²) in [4.78, 5) is 12.6. The zero-order valence-electron chi connectivity index (χ0n) is 11.5. The number of nitrogens with zero attached hydrogens (tertiary/aromatic N) is 2. The second-order valence-electron chi connectivity index (χ2n) is 4.90. The number of carbonyl (C=O) groups is 1. The number of benzene rings is 1. The Morgan fingerprint density at radius 1 is 1.06 bits per heavy atom. The number of carbonyl (C=O) groups excluding carboxylic acids is 1. The highest BCUT2D eigenvalue weighted by Crippen LogP contribution is 2.21. The molecule has 94 valence electrons. The van der Waals surface area contributed by atoms with Gasteiger partial charge in [0.25, 0.3) is 0 Å². The number of ketones is 1. The van der Waals surface area contributed by atoms with Gasteiger partial charge in [0.05, 0.1) is 6.20 Å². The van der Waals surface area contributed by atoms with E-state index in [0.717, 1.165) is 22.3 Å². The summed E-state index contributed by atoms with van der Waals surface area (Å²) < 4.78 is 1.65. The van der Waals surface area contributed by atoms with Crippen molar-refractivity contribution in [2.45, 2.75) is 27.7 Å². The Labute approximate surface area is 107 Å². The molecule has 0 unspecified atom stereocenters. The maximum absolute atomic E-state index is 12.6. The summed E-state index contributed by atoms with van der Waals surface area (Å²) in [6.07, 6.45) is 1.73. The highest BCUT2D eigenvalue weighted by atomic mass is 16.1. The standard InChI is InChI=1S/C15H18N2O/c1-9-6-10(2)13(11(3)7-9)15(18)14-12(4)8-16-17(14)5/h6-8H,1-5H3. The van der Waals surface area contributed by atoms with Gasteiger partial charge >= 0.3 is 0 Å². The minimum atomic E-state index is 0.0579. The molecule has 0 aliphatic heterocycles. The second-order valence-corrected chi connectivity index (χ2v) is 4.90. The molecule has 0 fully saturated rings. The van der Waals surface area contributed by atoms with Crippen molar-refractivity contribution in [3.05, 3.63) is 51.8 Å². The van der Waals surface area contributed by atoms with Crippen LogP contribution in [0, 0.1) is 27.7 Å². The molecule has 0 radical (unpaired) electrons. The Morgan fingerprint density at radius 2 is 1.61 bits per heavy atom. The Balaban J connectivity index is 2.60. The summed E-state index contributed by atoms with van der Waals surface area (Å²) in [5, 5.41) is 4.14. The monoisotopic (exact) mass is 242 g/mol. The van der Waals surface area contributed by atoms with Crippen molar-refractivity contribution in [3.8, 4) is 0 Å². The molecule has 3 nitrogen and oxygen atoms in total. The summed E-state index contributed by atoms with van der Waals surface area (Å²) in [6, 6.07) is 4.10.